The van der Waals surface area contributed by atoms with Crippen molar-refractivity contribution in [1.29, 1.82) is 0 Å². The quantitative estimate of drug-likeness (QED) is 0.898. The van der Waals surface area contributed by atoms with Crippen LogP contribution >= 0.6 is 15.9 Å². The third-order valence-corrected chi connectivity index (χ3v) is 2.98. The van der Waals surface area contributed by atoms with Crippen LogP contribution in [0.5, 0.6) is 0 Å². The first-order valence-electron chi connectivity index (χ1n) is 4.75. The van der Waals surface area contributed by atoms with Gasteiger partial charge in [0.05, 0.1) is 0 Å². The molecule has 6 heteroatoms. The van der Waals surface area contributed by atoms with Gasteiger partial charge in [-0.3, -0.25) is 4.79 Å². The molecule has 1 aromatic rings. The third-order valence-electron chi connectivity index (χ3n) is 2.32. The lowest BCUT2D eigenvalue weighted by molar-refractivity contribution is -0.147. The Morgan fingerprint density at radius 3 is 2.47 bits per heavy atom. The first-order valence-corrected chi connectivity index (χ1v) is 5.54. The summed E-state index contributed by atoms with van der Waals surface area (Å²) in [5, 5.41) is 11.5. The van der Waals surface area contributed by atoms with Crippen LogP contribution in [0.2, 0.25) is 0 Å². The van der Waals surface area contributed by atoms with Crippen molar-refractivity contribution in [2.24, 2.45) is 0 Å². The highest BCUT2D eigenvalue weighted by Gasteiger charge is 2.37. The predicted molar refractivity (Wildman–Crippen MR) is 62.9 cm³/mol. The van der Waals surface area contributed by atoms with E-state index in [4.69, 9.17) is 0 Å². The minimum absolute atomic E-state index is 0.279. The second-order valence-corrected chi connectivity index (χ2v) is 4.59. The van der Waals surface area contributed by atoms with Gasteiger partial charge < -0.3 is 10.4 Å². The number of rotatable bonds is 3. The number of hydrogen-bond donors (Lipinski definition) is 2. The average molecular weight is 304 g/mol. The molecule has 1 atom stereocenters. The third kappa shape index (κ3) is 2.82. The molecule has 0 heterocycles. The van der Waals surface area contributed by atoms with Crippen molar-refractivity contribution in [3.63, 3.8) is 0 Å². The standard InChI is InChI=1S/C11H11BrFNO3/c1-6(15)14-11(2,10(16)17)8-4-3-7(13)5-9(8)12/h3-5H,1-2H3,(H,14,15)(H,16,17). The highest BCUT2D eigenvalue weighted by Crippen LogP contribution is 2.29. The Kier molecular flexibility index (Phi) is 3.87. The van der Waals surface area contributed by atoms with Crippen molar-refractivity contribution in [2.75, 3.05) is 0 Å². The predicted octanol–water partition coefficient (Wildman–Crippen LogP) is 2.02. The fourth-order valence-electron chi connectivity index (χ4n) is 1.48. The van der Waals surface area contributed by atoms with E-state index in [2.05, 4.69) is 21.2 Å². The number of amides is 1. The van der Waals surface area contributed by atoms with Crippen LogP contribution in [-0.4, -0.2) is 17.0 Å². The Morgan fingerprint density at radius 2 is 2.06 bits per heavy atom. The molecule has 0 aromatic heterocycles. The van der Waals surface area contributed by atoms with Gasteiger partial charge in [0.2, 0.25) is 5.91 Å². The zero-order valence-corrected chi connectivity index (χ0v) is 10.8. The summed E-state index contributed by atoms with van der Waals surface area (Å²) < 4.78 is 13.2. The van der Waals surface area contributed by atoms with E-state index in [1.807, 2.05) is 0 Å². The van der Waals surface area contributed by atoms with Crippen LogP contribution < -0.4 is 5.32 Å². The molecule has 0 fully saturated rings. The zero-order valence-electron chi connectivity index (χ0n) is 9.25. The molecule has 1 aromatic carbocycles. The molecule has 92 valence electrons. The normalized spacial score (nSPS) is 13.9. The maximum atomic E-state index is 12.9. The number of carboxylic acid groups (broad SMARTS) is 1. The first-order chi connectivity index (χ1) is 7.77. The van der Waals surface area contributed by atoms with E-state index in [0.717, 1.165) is 12.1 Å². The van der Waals surface area contributed by atoms with E-state index >= 15 is 0 Å². The van der Waals surface area contributed by atoms with Crippen molar-refractivity contribution in [3.05, 3.63) is 34.1 Å². The van der Waals surface area contributed by atoms with Crippen LogP contribution in [-0.2, 0) is 15.1 Å². The molecule has 0 aliphatic heterocycles. The maximum Gasteiger partial charge on any atom is 0.333 e. The van der Waals surface area contributed by atoms with E-state index < -0.39 is 23.2 Å². The Morgan fingerprint density at radius 1 is 1.47 bits per heavy atom. The molecule has 0 radical (unpaired) electrons. The summed E-state index contributed by atoms with van der Waals surface area (Å²) in [6.45, 7) is 2.56. The van der Waals surface area contributed by atoms with Gasteiger partial charge in [0.15, 0.2) is 5.54 Å². The van der Waals surface area contributed by atoms with Gasteiger partial charge >= 0.3 is 5.97 Å². The SMILES string of the molecule is CC(=O)NC(C)(C(=O)O)c1ccc(F)cc1Br. The summed E-state index contributed by atoms with van der Waals surface area (Å²) >= 11 is 3.09. The number of carboxylic acids is 1. The zero-order chi connectivity index (χ0) is 13.2. The molecule has 1 unspecified atom stereocenters. The monoisotopic (exact) mass is 303 g/mol. The summed E-state index contributed by atoms with van der Waals surface area (Å²) in [4.78, 5) is 22.3. The van der Waals surface area contributed by atoms with Crippen LogP contribution in [0.25, 0.3) is 0 Å². The fourth-order valence-corrected chi connectivity index (χ4v) is 2.23. The number of benzene rings is 1. The lowest BCUT2D eigenvalue weighted by atomic mass is 9.92. The highest BCUT2D eigenvalue weighted by molar-refractivity contribution is 9.10. The molecule has 0 aliphatic carbocycles. The second-order valence-electron chi connectivity index (χ2n) is 3.74. The lowest BCUT2D eigenvalue weighted by Gasteiger charge is -2.27. The van der Waals surface area contributed by atoms with E-state index in [-0.39, 0.29) is 10.0 Å². The van der Waals surface area contributed by atoms with Gasteiger partial charge in [-0.15, -0.1) is 0 Å². The van der Waals surface area contributed by atoms with Gasteiger partial charge in [0.1, 0.15) is 5.82 Å². The summed E-state index contributed by atoms with van der Waals surface area (Å²) in [6.07, 6.45) is 0. The molecule has 1 rings (SSSR count). The molecule has 2 N–H and O–H groups in total. The molecule has 4 nitrogen and oxygen atoms in total. The fraction of sp³-hybridized carbons (Fsp3) is 0.273. The minimum atomic E-state index is -1.60. The van der Waals surface area contributed by atoms with E-state index in [0.29, 0.717) is 0 Å². The van der Waals surface area contributed by atoms with Gasteiger partial charge in [-0.1, -0.05) is 22.0 Å². The van der Waals surface area contributed by atoms with Crippen LogP contribution in [0.1, 0.15) is 19.4 Å². The molecule has 0 bridgehead atoms. The van der Waals surface area contributed by atoms with Gasteiger partial charge in [0, 0.05) is 17.0 Å². The number of aliphatic carboxylic acids is 1. The van der Waals surface area contributed by atoms with Crippen molar-refractivity contribution in [2.45, 2.75) is 19.4 Å². The van der Waals surface area contributed by atoms with Crippen LogP contribution in [0.3, 0.4) is 0 Å². The number of nitrogens with one attached hydrogen (secondary N) is 1. The summed E-state index contributed by atoms with van der Waals surface area (Å²) in [5.74, 6) is -2.19. The smallest absolute Gasteiger partial charge is 0.333 e. The molecule has 0 aliphatic rings. The Bertz CT molecular complexity index is 478. The second kappa shape index (κ2) is 4.83. The van der Waals surface area contributed by atoms with E-state index in [1.165, 1.54) is 19.9 Å². The van der Waals surface area contributed by atoms with Crippen LogP contribution in [0.15, 0.2) is 22.7 Å². The Labute approximate surface area is 106 Å². The number of hydrogen-bond acceptors (Lipinski definition) is 2. The number of carbonyl (C=O) groups is 2. The first kappa shape index (κ1) is 13.6. The van der Waals surface area contributed by atoms with Crippen molar-refractivity contribution in [3.8, 4) is 0 Å². The summed E-state index contributed by atoms with van der Waals surface area (Å²) in [6, 6.07) is 3.62. The molecular weight excluding hydrogens is 293 g/mol. The Balaban J connectivity index is 3.32. The molecule has 0 spiro atoms. The molecule has 0 saturated heterocycles. The van der Waals surface area contributed by atoms with Crippen LogP contribution in [0, 0.1) is 5.82 Å². The van der Waals surface area contributed by atoms with Gasteiger partial charge in [-0.25, -0.2) is 9.18 Å². The molecule has 17 heavy (non-hydrogen) atoms. The van der Waals surface area contributed by atoms with Crippen LogP contribution in [0.4, 0.5) is 4.39 Å². The average Bonchev–Trinajstić information content (AvgIpc) is 2.15. The van der Waals surface area contributed by atoms with E-state index in [1.54, 1.807) is 0 Å². The summed E-state index contributed by atoms with van der Waals surface area (Å²) in [5.41, 5.74) is -1.32. The molecule has 0 saturated carbocycles. The largest absolute Gasteiger partial charge is 0.479 e. The van der Waals surface area contributed by atoms with Crippen molar-refractivity contribution >= 4 is 27.8 Å². The van der Waals surface area contributed by atoms with Gasteiger partial charge in [-0.05, 0) is 19.1 Å². The van der Waals surface area contributed by atoms with Crippen molar-refractivity contribution in [1.82, 2.24) is 5.32 Å². The van der Waals surface area contributed by atoms with Crippen molar-refractivity contribution < 1.29 is 19.1 Å². The molecular formula is C11H11BrFNO3. The topological polar surface area (TPSA) is 66.4 Å². The van der Waals surface area contributed by atoms with E-state index in [9.17, 15) is 19.1 Å². The van der Waals surface area contributed by atoms with Gasteiger partial charge in [0.25, 0.3) is 0 Å². The number of carbonyl (C=O) groups excluding carboxylic acids is 1. The highest BCUT2D eigenvalue weighted by atomic mass is 79.9. The summed E-state index contributed by atoms with van der Waals surface area (Å²) in [7, 11) is 0. The lowest BCUT2D eigenvalue weighted by Crippen LogP contribution is -2.49. The number of halogens is 2. The maximum absolute atomic E-state index is 12.9. The van der Waals surface area contributed by atoms with Gasteiger partial charge in [-0.2, -0.15) is 0 Å². The Hall–Kier alpha value is -1.43. The molecule has 1 amide bonds. The minimum Gasteiger partial charge on any atom is -0.479 e.